The maximum atomic E-state index is 12.8. The molecular weight excluding hydrogens is 334 g/mol. The highest BCUT2D eigenvalue weighted by Gasteiger charge is 2.19. The summed E-state index contributed by atoms with van der Waals surface area (Å²) in [6.45, 7) is 3.92. The van der Waals surface area contributed by atoms with Crippen LogP contribution < -0.4 is 10.0 Å². The van der Waals surface area contributed by atoms with Crippen molar-refractivity contribution in [3.8, 4) is 0 Å². The lowest BCUT2D eigenvalue weighted by molar-refractivity contribution is 0.601. The molecule has 128 valence electrons. The van der Waals surface area contributed by atoms with Gasteiger partial charge in [-0.1, -0.05) is 29.8 Å². The number of anilines is 3. The standard InChI is InChI=1S/C19H19N3O2S/c1-14-8-10-16(11-9-14)22-25(23,24)18-7-4-12-20-19(18)21-17-6-3-5-15(2)13-17/h3-13,22H,1-2H3,(H,20,21). The van der Waals surface area contributed by atoms with Crippen LogP contribution >= 0.6 is 0 Å². The summed E-state index contributed by atoms with van der Waals surface area (Å²) < 4.78 is 28.1. The van der Waals surface area contributed by atoms with E-state index in [4.69, 9.17) is 0 Å². The summed E-state index contributed by atoms with van der Waals surface area (Å²) in [7, 11) is -3.76. The van der Waals surface area contributed by atoms with E-state index in [0.29, 0.717) is 5.69 Å². The van der Waals surface area contributed by atoms with E-state index in [2.05, 4.69) is 15.0 Å². The van der Waals surface area contributed by atoms with E-state index in [-0.39, 0.29) is 10.7 Å². The van der Waals surface area contributed by atoms with Crippen LogP contribution in [0.15, 0.2) is 71.8 Å². The molecule has 5 nitrogen and oxygen atoms in total. The number of aromatic nitrogens is 1. The summed E-state index contributed by atoms with van der Waals surface area (Å²) in [6, 6.07) is 18.0. The maximum Gasteiger partial charge on any atom is 0.265 e. The molecule has 0 amide bonds. The molecule has 1 heterocycles. The van der Waals surface area contributed by atoms with Gasteiger partial charge in [-0.05, 0) is 55.8 Å². The average molecular weight is 353 g/mol. The summed E-state index contributed by atoms with van der Waals surface area (Å²) in [5.74, 6) is 0.285. The number of nitrogens with zero attached hydrogens (tertiary/aromatic N) is 1. The fourth-order valence-electron chi connectivity index (χ4n) is 2.39. The van der Waals surface area contributed by atoms with E-state index < -0.39 is 10.0 Å². The molecule has 25 heavy (non-hydrogen) atoms. The lowest BCUT2D eigenvalue weighted by Gasteiger charge is -2.13. The Hall–Kier alpha value is -2.86. The Labute approximate surface area is 147 Å². The molecule has 6 heteroatoms. The number of hydrogen-bond donors (Lipinski definition) is 2. The Morgan fingerprint density at radius 1 is 0.840 bits per heavy atom. The lowest BCUT2D eigenvalue weighted by Crippen LogP contribution is -2.15. The van der Waals surface area contributed by atoms with Gasteiger partial charge in [0.15, 0.2) is 5.82 Å². The Kier molecular flexibility index (Phi) is 4.72. The molecule has 3 rings (SSSR count). The van der Waals surface area contributed by atoms with Gasteiger partial charge in [0.25, 0.3) is 10.0 Å². The fraction of sp³-hybridized carbons (Fsp3) is 0.105. The normalized spacial score (nSPS) is 11.1. The summed E-state index contributed by atoms with van der Waals surface area (Å²) in [5.41, 5.74) is 3.43. The maximum absolute atomic E-state index is 12.8. The summed E-state index contributed by atoms with van der Waals surface area (Å²) in [4.78, 5) is 4.29. The van der Waals surface area contributed by atoms with Gasteiger partial charge in [0.1, 0.15) is 4.90 Å². The van der Waals surface area contributed by atoms with E-state index in [9.17, 15) is 8.42 Å². The molecule has 0 aliphatic rings. The van der Waals surface area contributed by atoms with Gasteiger partial charge < -0.3 is 5.32 Å². The van der Waals surface area contributed by atoms with Crippen molar-refractivity contribution in [3.05, 3.63) is 78.0 Å². The van der Waals surface area contributed by atoms with Gasteiger partial charge in [0, 0.05) is 17.6 Å². The molecule has 2 aromatic carbocycles. The quantitative estimate of drug-likeness (QED) is 0.719. The predicted molar refractivity (Wildman–Crippen MR) is 101 cm³/mol. The third-order valence-electron chi connectivity index (χ3n) is 3.64. The van der Waals surface area contributed by atoms with Crippen molar-refractivity contribution in [2.24, 2.45) is 0 Å². The van der Waals surface area contributed by atoms with Crippen molar-refractivity contribution in [1.82, 2.24) is 4.98 Å². The molecule has 0 unspecified atom stereocenters. The first-order chi connectivity index (χ1) is 11.9. The first kappa shape index (κ1) is 17.0. The minimum absolute atomic E-state index is 0.0945. The summed E-state index contributed by atoms with van der Waals surface area (Å²) in [6.07, 6.45) is 1.56. The Bertz CT molecular complexity index is 984. The van der Waals surface area contributed by atoms with Crippen LogP contribution in [0.2, 0.25) is 0 Å². The molecule has 2 N–H and O–H groups in total. The van der Waals surface area contributed by atoms with Crippen LogP contribution in [0.3, 0.4) is 0 Å². The van der Waals surface area contributed by atoms with Crippen LogP contribution in [-0.2, 0) is 10.0 Å². The van der Waals surface area contributed by atoms with Gasteiger partial charge in [0.05, 0.1) is 0 Å². The minimum Gasteiger partial charge on any atom is -0.339 e. The zero-order valence-corrected chi connectivity index (χ0v) is 14.8. The van der Waals surface area contributed by atoms with Crippen molar-refractivity contribution in [2.75, 3.05) is 10.0 Å². The van der Waals surface area contributed by atoms with E-state index in [1.165, 1.54) is 6.07 Å². The highest BCUT2D eigenvalue weighted by Crippen LogP contribution is 2.25. The van der Waals surface area contributed by atoms with Crippen molar-refractivity contribution >= 4 is 27.2 Å². The van der Waals surface area contributed by atoms with Gasteiger partial charge in [-0.2, -0.15) is 0 Å². The molecule has 0 saturated heterocycles. The van der Waals surface area contributed by atoms with Crippen LogP contribution in [0.1, 0.15) is 11.1 Å². The average Bonchev–Trinajstić information content (AvgIpc) is 2.57. The van der Waals surface area contributed by atoms with Gasteiger partial charge in [-0.25, -0.2) is 13.4 Å². The van der Waals surface area contributed by atoms with Gasteiger partial charge in [-0.15, -0.1) is 0 Å². The summed E-state index contributed by atoms with van der Waals surface area (Å²) >= 11 is 0. The zero-order valence-electron chi connectivity index (χ0n) is 14.0. The Morgan fingerprint density at radius 3 is 2.32 bits per heavy atom. The second-order valence-corrected chi connectivity index (χ2v) is 7.47. The number of sulfonamides is 1. The van der Waals surface area contributed by atoms with Crippen LogP contribution in [-0.4, -0.2) is 13.4 Å². The second-order valence-electron chi connectivity index (χ2n) is 5.82. The first-order valence-electron chi connectivity index (χ1n) is 7.82. The monoisotopic (exact) mass is 353 g/mol. The van der Waals surface area contributed by atoms with Crippen LogP contribution in [0.25, 0.3) is 0 Å². The van der Waals surface area contributed by atoms with Crippen molar-refractivity contribution in [3.63, 3.8) is 0 Å². The van der Waals surface area contributed by atoms with E-state index in [0.717, 1.165) is 16.8 Å². The molecule has 0 spiro atoms. The number of hydrogen-bond acceptors (Lipinski definition) is 4. The van der Waals surface area contributed by atoms with Gasteiger partial charge >= 0.3 is 0 Å². The largest absolute Gasteiger partial charge is 0.339 e. The number of benzene rings is 2. The predicted octanol–water partition coefficient (Wildman–Crippen LogP) is 4.24. The van der Waals surface area contributed by atoms with E-state index >= 15 is 0 Å². The zero-order chi connectivity index (χ0) is 17.9. The van der Waals surface area contributed by atoms with E-state index in [1.807, 2.05) is 50.2 Å². The molecule has 0 fully saturated rings. The summed E-state index contributed by atoms with van der Waals surface area (Å²) in [5, 5.41) is 3.08. The third-order valence-corrected chi connectivity index (χ3v) is 5.06. The van der Waals surface area contributed by atoms with Crippen LogP contribution in [0.5, 0.6) is 0 Å². The first-order valence-corrected chi connectivity index (χ1v) is 9.30. The molecule has 0 radical (unpaired) electrons. The Balaban J connectivity index is 1.92. The third kappa shape index (κ3) is 4.16. The van der Waals surface area contributed by atoms with Crippen molar-refractivity contribution in [2.45, 2.75) is 18.7 Å². The molecule has 0 aliphatic carbocycles. The molecule has 0 aliphatic heterocycles. The minimum atomic E-state index is -3.76. The lowest BCUT2D eigenvalue weighted by atomic mass is 10.2. The molecule has 3 aromatic rings. The van der Waals surface area contributed by atoms with Crippen LogP contribution in [0.4, 0.5) is 17.2 Å². The van der Waals surface area contributed by atoms with Crippen LogP contribution in [0, 0.1) is 13.8 Å². The molecule has 0 bridgehead atoms. The highest BCUT2D eigenvalue weighted by atomic mass is 32.2. The number of nitrogens with one attached hydrogen (secondary N) is 2. The highest BCUT2D eigenvalue weighted by molar-refractivity contribution is 7.92. The van der Waals surface area contributed by atoms with Gasteiger partial charge in [-0.3, -0.25) is 4.72 Å². The SMILES string of the molecule is Cc1ccc(NS(=O)(=O)c2cccnc2Nc2cccc(C)c2)cc1. The number of rotatable bonds is 5. The fourth-order valence-corrected chi connectivity index (χ4v) is 3.56. The van der Waals surface area contributed by atoms with Crippen molar-refractivity contribution < 1.29 is 8.42 Å². The smallest absolute Gasteiger partial charge is 0.265 e. The molecular formula is C19H19N3O2S. The number of aryl methyl sites for hydroxylation is 2. The Morgan fingerprint density at radius 2 is 1.60 bits per heavy atom. The van der Waals surface area contributed by atoms with Crippen molar-refractivity contribution in [1.29, 1.82) is 0 Å². The number of pyridine rings is 1. The second kappa shape index (κ2) is 6.94. The topological polar surface area (TPSA) is 71.1 Å². The molecule has 0 saturated carbocycles. The van der Waals surface area contributed by atoms with E-state index in [1.54, 1.807) is 24.4 Å². The molecule has 1 aromatic heterocycles. The van der Waals surface area contributed by atoms with Gasteiger partial charge in [0.2, 0.25) is 0 Å². The molecule has 0 atom stereocenters.